The lowest BCUT2D eigenvalue weighted by molar-refractivity contribution is 0.117. The predicted octanol–water partition coefficient (Wildman–Crippen LogP) is 5.57. The van der Waals surface area contributed by atoms with Crippen molar-refractivity contribution < 1.29 is 13.2 Å². The van der Waals surface area contributed by atoms with Gasteiger partial charge >= 0.3 is 6.03 Å². The van der Waals surface area contributed by atoms with Crippen LogP contribution in [0.2, 0.25) is 10.0 Å². The van der Waals surface area contributed by atoms with Gasteiger partial charge in [0, 0.05) is 55.4 Å². The Balaban J connectivity index is 1.16. The fourth-order valence-corrected chi connectivity index (χ4v) is 7.17. The molecule has 40 heavy (non-hydrogen) atoms. The Labute approximate surface area is 246 Å². The average Bonchev–Trinajstić information content (AvgIpc) is 2.96. The number of sulfonamides is 1. The number of piperazine rings is 1. The first-order valence-corrected chi connectivity index (χ1v) is 15.8. The molecule has 0 unspecified atom stereocenters. The van der Waals surface area contributed by atoms with Crippen molar-refractivity contribution in [2.24, 2.45) is 0 Å². The summed E-state index contributed by atoms with van der Waals surface area (Å²) < 4.78 is 27.5. The van der Waals surface area contributed by atoms with Gasteiger partial charge in [0.25, 0.3) is 0 Å². The maximum Gasteiger partial charge on any atom is 0.317 e. The molecule has 2 fully saturated rings. The molecule has 0 atom stereocenters. The lowest BCUT2D eigenvalue weighted by Crippen LogP contribution is -2.55. The first-order valence-electron chi connectivity index (χ1n) is 13.6. The van der Waals surface area contributed by atoms with Crippen molar-refractivity contribution in [3.8, 4) is 0 Å². The number of carbonyl (C=O) groups is 1. The maximum absolute atomic E-state index is 13.1. The van der Waals surface area contributed by atoms with Gasteiger partial charge in [-0.05, 0) is 67.3 Å². The highest BCUT2D eigenvalue weighted by Crippen LogP contribution is 2.31. The standard InChI is InChI=1S/C30H34Cl2N4O3S/c1-22-2-12-28(13-3-22)40(38,39)36-16-14-27(15-17-36)33-30(37)35-20-18-34(19-21-35)29(23-4-8-25(31)9-5-23)24-6-10-26(32)11-7-24/h2-13,27,29H,14-21H2,1H3,(H,33,37). The summed E-state index contributed by atoms with van der Waals surface area (Å²) >= 11 is 12.3. The van der Waals surface area contributed by atoms with Crippen LogP contribution in [-0.4, -0.2) is 73.9 Å². The van der Waals surface area contributed by atoms with Crippen molar-refractivity contribution >= 4 is 39.3 Å². The molecule has 2 saturated heterocycles. The van der Waals surface area contributed by atoms with Gasteiger partial charge in [-0.25, -0.2) is 13.2 Å². The summed E-state index contributed by atoms with van der Waals surface area (Å²) in [5.74, 6) is 0. The average molecular weight is 602 g/mol. The number of halogens is 2. The van der Waals surface area contributed by atoms with Crippen LogP contribution in [0.25, 0.3) is 0 Å². The molecule has 3 aromatic carbocycles. The smallest absolute Gasteiger partial charge is 0.317 e. The SMILES string of the molecule is Cc1ccc(S(=O)(=O)N2CCC(NC(=O)N3CCN(C(c4ccc(Cl)cc4)c4ccc(Cl)cc4)CC3)CC2)cc1. The third kappa shape index (κ3) is 6.64. The van der Waals surface area contributed by atoms with Gasteiger partial charge in [0.1, 0.15) is 0 Å². The monoisotopic (exact) mass is 600 g/mol. The van der Waals surface area contributed by atoms with E-state index in [-0.39, 0.29) is 18.1 Å². The van der Waals surface area contributed by atoms with Crippen LogP contribution < -0.4 is 5.32 Å². The molecular weight excluding hydrogens is 567 g/mol. The Morgan fingerprint density at radius 3 is 1.77 bits per heavy atom. The van der Waals surface area contributed by atoms with E-state index >= 15 is 0 Å². The van der Waals surface area contributed by atoms with Crippen LogP contribution in [0.1, 0.15) is 35.6 Å². The minimum absolute atomic E-state index is 0.0274. The molecule has 10 heteroatoms. The molecule has 2 aliphatic heterocycles. The van der Waals surface area contributed by atoms with E-state index in [1.165, 1.54) is 4.31 Å². The largest absolute Gasteiger partial charge is 0.335 e. The number of urea groups is 1. The second-order valence-electron chi connectivity index (χ2n) is 10.5. The van der Waals surface area contributed by atoms with Crippen LogP contribution in [0.15, 0.2) is 77.7 Å². The molecule has 0 aliphatic carbocycles. The highest BCUT2D eigenvalue weighted by molar-refractivity contribution is 7.89. The molecule has 2 amide bonds. The van der Waals surface area contributed by atoms with Gasteiger partial charge in [0.05, 0.1) is 10.9 Å². The summed E-state index contributed by atoms with van der Waals surface area (Å²) in [4.78, 5) is 17.7. The van der Waals surface area contributed by atoms with E-state index in [0.717, 1.165) is 29.8 Å². The highest BCUT2D eigenvalue weighted by atomic mass is 35.5. The fraction of sp³-hybridized carbons (Fsp3) is 0.367. The number of carbonyl (C=O) groups excluding carboxylic acids is 1. The molecule has 7 nitrogen and oxygen atoms in total. The minimum Gasteiger partial charge on any atom is -0.335 e. The molecule has 5 rings (SSSR count). The Morgan fingerprint density at radius 1 is 0.775 bits per heavy atom. The van der Waals surface area contributed by atoms with E-state index < -0.39 is 10.0 Å². The fourth-order valence-electron chi connectivity index (χ4n) is 5.45. The highest BCUT2D eigenvalue weighted by Gasteiger charge is 2.32. The molecule has 212 valence electrons. The number of amides is 2. The Hall–Kier alpha value is -2.62. The van der Waals surface area contributed by atoms with Crippen LogP contribution >= 0.6 is 23.2 Å². The summed E-state index contributed by atoms with van der Waals surface area (Å²) in [5.41, 5.74) is 3.29. The number of aryl methyl sites for hydroxylation is 1. The number of hydrogen-bond acceptors (Lipinski definition) is 4. The van der Waals surface area contributed by atoms with Gasteiger partial charge in [-0.2, -0.15) is 4.31 Å². The minimum atomic E-state index is -3.53. The van der Waals surface area contributed by atoms with Crippen LogP contribution in [0.5, 0.6) is 0 Å². The van der Waals surface area contributed by atoms with Crippen molar-refractivity contribution in [2.45, 2.75) is 36.7 Å². The number of nitrogens with zero attached hydrogens (tertiary/aromatic N) is 3. The number of nitrogens with one attached hydrogen (secondary N) is 1. The molecule has 2 aliphatic rings. The molecule has 0 radical (unpaired) electrons. The number of hydrogen-bond donors (Lipinski definition) is 1. The molecule has 0 aromatic heterocycles. The van der Waals surface area contributed by atoms with Crippen LogP contribution in [0.3, 0.4) is 0 Å². The van der Waals surface area contributed by atoms with E-state index in [2.05, 4.69) is 10.2 Å². The zero-order valence-corrected chi connectivity index (χ0v) is 24.8. The zero-order valence-electron chi connectivity index (χ0n) is 22.5. The van der Waals surface area contributed by atoms with E-state index in [4.69, 9.17) is 23.2 Å². The summed E-state index contributed by atoms with van der Waals surface area (Å²) in [7, 11) is -3.53. The summed E-state index contributed by atoms with van der Waals surface area (Å²) in [6.45, 7) is 5.35. The zero-order chi connectivity index (χ0) is 28.3. The predicted molar refractivity (Wildman–Crippen MR) is 159 cm³/mol. The Bertz CT molecular complexity index is 1360. The van der Waals surface area contributed by atoms with Crippen molar-refractivity contribution in [3.05, 3.63) is 99.5 Å². The van der Waals surface area contributed by atoms with Gasteiger partial charge in [-0.1, -0.05) is 65.2 Å². The topological polar surface area (TPSA) is 73.0 Å². The second kappa shape index (κ2) is 12.5. The summed E-state index contributed by atoms with van der Waals surface area (Å²) in [6.07, 6.45) is 1.18. The third-order valence-electron chi connectivity index (χ3n) is 7.78. The van der Waals surface area contributed by atoms with Crippen molar-refractivity contribution in [2.75, 3.05) is 39.3 Å². The molecular formula is C30H34Cl2N4O3S. The van der Waals surface area contributed by atoms with Crippen molar-refractivity contribution in [1.29, 1.82) is 0 Å². The third-order valence-corrected chi connectivity index (χ3v) is 10.2. The molecule has 2 heterocycles. The van der Waals surface area contributed by atoms with Gasteiger partial charge in [0.2, 0.25) is 10.0 Å². The molecule has 0 saturated carbocycles. The lowest BCUT2D eigenvalue weighted by atomic mass is 9.96. The van der Waals surface area contributed by atoms with Crippen LogP contribution in [-0.2, 0) is 10.0 Å². The molecule has 0 bridgehead atoms. The van der Waals surface area contributed by atoms with Gasteiger partial charge in [-0.15, -0.1) is 0 Å². The Kier molecular flexibility index (Phi) is 9.02. The summed E-state index contributed by atoms with van der Waals surface area (Å²) in [5, 5.41) is 4.53. The van der Waals surface area contributed by atoms with E-state index in [9.17, 15) is 13.2 Å². The first-order chi connectivity index (χ1) is 19.2. The number of rotatable bonds is 6. The first kappa shape index (κ1) is 28.9. The number of benzene rings is 3. The van der Waals surface area contributed by atoms with Gasteiger partial charge in [-0.3, -0.25) is 4.90 Å². The van der Waals surface area contributed by atoms with Gasteiger partial charge < -0.3 is 10.2 Å². The quantitative estimate of drug-likeness (QED) is 0.401. The maximum atomic E-state index is 13.1. The number of piperidine rings is 1. The van der Waals surface area contributed by atoms with Crippen molar-refractivity contribution in [3.63, 3.8) is 0 Å². The lowest BCUT2D eigenvalue weighted by Gasteiger charge is -2.40. The van der Waals surface area contributed by atoms with Crippen LogP contribution in [0, 0.1) is 6.92 Å². The van der Waals surface area contributed by atoms with E-state index in [1.807, 2.05) is 72.5 Å². The van der Waals surface area contributed by atoms with E-state index in [0.29, 0.717) is 54.0 Å². The summed E-state index contributed by atoms with van der Waals surface area (Å²) in [6, 6.07) is 22.6. The molecule has 3 aromatic rings. The van der Waals surface area contributed by atoms with Crippen LogP contribution in [0.4, 0.5) is 4.79 Å². The van der Waals surface area contributed by atoms with Crippen molar-refractivity contribution in [1.82, 2.24) is 19.4 Å². The Morgan fingerprint density at radius 2 is 1.27 bits per heavy atom. The second-order valence-corrected chi connectivity index (χ2v) is 13.3. The van der Waals surface area contributed by atoms with E-state index in [1.54, 1.807) is 12.1 Å². The normalized spacial score (nSPS) is 17.8. The molecule has 1 N–H and O–H groups in total. The molecule has 0 spiro atoms. The van der Waals surface area contributed by atoms with Gasteiger partial charge in [0.15, 0.2) is 0 Å².